The molecule has 9 heteroatoms. The summed E-state index contributed by atoms with van der Waals surface area (Å²) in [5, 5.41) is 2.96. The van der Waals surface area contributed by atoms with Crippen LogP contribution in [0.15, 0.2) is 48.2 Å². The van der Waals surface area contributed by atoms with Gasteiger partial charge >= 0.3 is 12.0 Å². The number of amides is 3. The van der Waals surface area contributed by atoms with Crippen molar-refractivity contribution in [2.45, 2.75) is 26.3 Å². The van der Waals surface area contributed by atoms with Crippen molar-refractivity contribution in [3.63, 3.8) is 0 Å². The van der Waals surface area contributed by atoms with E-state index in [9.17, 15) is 14.4 Å². The fraction of sp³-hybridized carbons (Fsp3) is 0.480. The van der Waals surface area contributed by atoms with Crippen LogP contribution < -0.4 is 10.1 Å². The Hall–Kier alpha value is -3.33. The highest BCUT2D eigenvalue weighted by molar-refractivity contribution is 5.95. The van der Waals surface area contributed by atoms with Gasteiger partial charge in [0.25, 0.3) is 0 Å². The maximum absolute atomic E-state index is 13.2. The highest BCUT2D eigenvalue weighted by Gasteiger charge is 2.38. The lowest BCUT2D eigenvalue weighted by Crippen LogP contribution is -2.53. The SMILES string of the molecule is C=CCN1C(=O)N[C@@H](c2ccc(OC)cc2)C(C(=O)OCC)=C1CN1CCN(C(=O)CC)CC1. The molecule has 1 saturated heterocycles. The average Bonchev–Trinajstić information content (AvgIpc) is 2.86. The van der Waals surface area contributed by atoms with Gasteiger partial charge in [-0.15, -0.1) is 6.58 Å². The van der Waals surface area contributed by atoms with Gasteiger partial charge in [-0.3, -0.25) is 14.6 Å². The molecule has 1 aromatic rings. The summed E-state index contributed by atoms with van der Waals surface area (Å²) in [5.41, 5.74) is 1.75. The number of ether oxygens (including phenoxy) is 2. The Kier molecular flexibility index (Phi) is 8.70. The van der Waals surface area contributed by atoms with Crippen molar-refractivity contribution in [3.05, 3.63) is 53.8 Å². The standard InChI is InChI=1S/C25H34N4O5/c1-5-12-29-20(17-27-13-15-28(16-14-27)21(30)6-2)22(24(31)34-7-3)23(26-25(29)32)18-8-10-19(33-4)11-9-18/h5,8-11,23H,1,6-7,12-17H2,2-4H3,(H,26,32)/t23-/m0/s1. The van der Waals surface area contributed by atoms with Crippen LogP contribution in [0.3, 0.4) is 0 Å². The molecule has 0 saturated carbocycles. The third kappa shape index (κ3) is 5.59. The number of nitrogens with zero attached hydrogens (tertiary/aromatic N) is 3. The van der Waals surface area contributed by atoms with Gasteiger partial charge in [0.05, 0.1) is 25.3 Å². The summed E-state index contributed by atoms with van der Waals surface area (Å²) >= 11 is 0. The van der Waals surface area contributed by atoms with Crippen molar-refractivity contribution in [2.75, 3.05) is 53.0 Å². The normalized spacial score (nSPS) is 19.0. The van der Waals surface area contributed by atoms with Gasteiger partial charge < -0.3 is 19.7 Å². The van der Waals surface area contributed by atoms with Crippen LogP contribution in [0.4, 0.5) is 4.79 Å². The monoisotopic (exact) mass is 470 g/mol. The number of urea groups is 1. The van der Waals surface area contributed by atoms with Crippen molar-refractivity contribution in [1.29, 1.82) is 0 Å². The maximum Gasteiger partial charge on any atom is 0.338 e. The van der Waals surface area contributed by atoms with E-state index in [2.05, 4.69) is 16.8 Å². The van der Waals surface area contributed by atoms with E-state index in [0.717, 1.165) is 5.56 Å². The third-order valence-corrected chi connectivity index (χ3v) is 6.10. The number of carbonyl (C=O) groups excluding carboxylic acids is 3. The lowest BCUT2D eigenvalue weighted by molar-refractivity contribution is -0.139. The van der Waals surface area contributed by atoms with E-state index >= 15 is 0 Å². The maximum atomic E-state index is 13.2. The molecule has 0 unspecified atom stereocenters. The Balaban J connectivity index is 1.99. The Morgan fingerprint density at radius 1 is 1.15 bits per heavy atom. The molecule has 3 amide bonds. The topological polar surface area (TPSA) is 91.4 Å². The summed E-state index contributed by atoms with van der Waals surface area (Å²) < 4.78 is 10.7. The summed E-state index contributed by atoms with van der Waals surface area (Å²) in [4.78, 5) is 44.0. The summed E-state index contributed by atoms with van der Waals surface area (Å²) in [7, 11) is 1.58. The Morgan fingerprint density at radius 3 is 2.38 bits per heavy atom. The number of methoxy groups -OCH3 is 1. The van der Waals surface area contributed by atoms with E-state index in [1.807, 2.05) is 24.0 Å². The van der Waals surface area contributed by atoms with Crippen molar-refractivity contribution in [3.8, 4) is 5.75 Å². The van der Waals surface area contributed by atoms with Gasteiger partial charge in [0.2, 0.25) is 5.91 Å². The second-order valence-corrected chi connectivity index (χ2v) is 8.15. The molecule has 1 N–H and O–H groups in total. The van der Waals surface area contributed by atoms with E-state index in [4.69, 9.17) is 9.47 Å². The summed E-state index contributed by atoms with van der Waals surface area (Å²) in [5.74, 6) is 0.351. The molecule has 0 aromatic heterocycles. The van der Waals surface area contributed by atoms with Crippen molar-refractivity contribution >= 4 is 17.9 Å². The molecule has 0 spiro atoms. The highest BCUT2D eigenvalue weighted by atomic mass is 16.5. The third-order valence-electron chi connectivity index (χ3n) is 6.10. The second-order valence-electron chi connectivity index (χ2n) is 8.15. The minimum absolute atomic E-state index is 0.135. The van der Waals surface area contributed by atoms with Crippen LogP contribution >= 0.6 is 0 Å². The Bertz CT molecular complexity index is 935. The van der Waals surface area contributed by atoms with Crippen LogP contribution in [0, 0.1) is 0 Å². The summed E-state index contributed by atoms with van der Waals surface area (Å²) in [6.45, 7) is 10.8. The van der Waals surface area contributed by atoms with Crippen LogP contribution in [-0.2, 0) is 14.3 Å². The van der Waals surface area contributed by atoms with Crippen LogP contribution in [0.25, 0.3) is 0 Å². The quantitative estimate of drug-likeness (QED) is 0.440. The Labute approximate surface area is 201 Å². The number of rotatable bonds is 9. The molecule has 2 aliphatic heterocycles. The van der Waals surface area contributed by atoms with Gasteiger partial charge in [-0.05, 0) is 24.6 Å². The number of esters is 1. The molecule has 2 heterocycles. The van der Waals surface area contributed by atoms with Gasteiger partial charge in [0.15, 0.2) is 0 Å². The molecule has 0 bridgehead atoms. The van der Waals surface area contributed by atoms with Gasteiger partial charge in [-0.1, -0.05) is 25.1 Å². The van der Waals surface area contributed by atoms with Gasteiger partial charge in [0, 0.05) is 51.4 Å². The van der Waals surface area contributed by atoms with Gasteiger partial charge in [-0.25, -0.2) is 9.59 Å². The fourth-order valence-corrected chi connectivity index (χ4v) is 4.28. The van der Waals surface area contributed by atoms with E-state index in [1.165, 1.54) is 0 Å². The van der Waals surface area contributed by atoms with Crippen molar-refractivity contribution in [1.82, 2.24) is 20.0 Å². The van der Waals surface area contributed by atoms with Crippen molar-refractivity contribution in [2.24, 2.45) is 0 Å². The first-order chi connectivity index (χ1) is 16.4. The molecule has 34 heavy (non-hydrogen) atoms. The molecule has 1 fully saturated rings. The molecule has 1 atom stereocenters. The predicted molar refractivity (Wildman–Crippen MR) is 128 cm³/mol. The van der Waals surface area contributed by atoms with E-state index in [0.29, 0.717) is 56.2 Å². The molecule has 0 radical (unpaired) electrons. The zero-order chi connectivity index (χ0) is 24.7. The molecule has 0 aliphatic carbocycles. The molecule has 2 aliphatic rings. The molecular formula is C25H34N4O5. The second kappa shape index (κ2) is 11.7. The first-order valence-electron chi connectivity index (χ1n) is 11.7. The lowest BCUT2D eigenvalue weighted by Gasteiger charge is -2.40. The minimum atomic E-state index is -0.656. The molecule has 3 rings (SSSR count). The lowest BCUT2D eigenvalue weighted by atomic mass is 9.94. The minimum Gasteiger partial charge on any atom is -0.497 e. The Morgan fingerprint density at radius 2 is 1.82 bits per heavy atom. The summed E-state index contributed by atoms with van der Waals surface area (Å²) in [6, 6.07) is 6.30. The largest absolute Gasteiger partial charge is 0.497 e. The van der Waals surface area contributed by atoms with Crippen LogP contribution in [0.1, 0.15) is 31.9 Å². The number of nitrogens with one attached hydrogen (secondary N) is 1. The molecule has 184 valence electrons. The molecular weight excluding hydrogens is 436 g/mol. The van der Waals surface area contributed by atoms with Crippen molar-refractivity contribution < 1.29 is 23.9 Å². The number of piperazine rings is 1. The number of hydrogen-bond donors (Lipinski definition) is 1. The highest BCUT2D eigenvalue weighted by Crippen LogP contribution is 2.33. The smallest absolute Gasteiger partial charge is 0.338 e. The number of hydrogen-bond acceptors (Lipinski definition) is 6. The molecule has 9 nitrogen and oxygen atoms in total. The number of benzene rings is 1. The zero-order valence-corrected chi connectivity index (χ0v) is 20.2. The zero-order valence-electron chi connectivity index (χ0n) is 20.2. The van der Waals surface area contributed by atoms with Gasteiger partial charge in [-0.2, -0.15) is 0 Å². The van der Waals surface area contributed by atoms with Crippen LogP contribution in [-0.4, -0.2) is 85.6 Å². The van der Waals surface area contributed by atoms with E-state index < -0.39 is 12.0 Å². The van der Waals surface area contributed by atoms with Crippen LogP contribution in [0.5, 0.6) is 5.75 Å². The fourth-order valence-electron chi connectivity index (χ4n) is 4.28. The van der Waals surface area contributed by atoms with Gasteiger partial charge in [0.1, 0.15) is 5.75 Å². The predicted octanol–water partition coefficient (Wildman–Crippen LogP) is 2.32. The van der Waals surface area contributed by atoms with E-state index in [-0.39, 0.29) is 25.1 Å². The van der Waals surface area contributed by atoms with E-state index in [1.54, 1.807) is 37.1 Å². The molecule has 1 aromatic carbocycles. The summed E-state index contributed by atoms with van der Waals surface area (Å²) in [6.07, 6.45) is 2.11. The first-order valence-corrected chi connectivity index (χ1v) is 11.7. The average molecular weight is 471 g/mol. The first kappa shape index (κ1) is 25.3. The number of carbonyl (C=O) groups is 3. The van der Waals surface area contributed by atoms with Crippen LogP contribution in [0.2, 0.25) is 0 Å².